The number of nitrogens with two attached hydrogens (primary N) is 1. The maximum Gasteiger partial charge on any atom is 0.411 e. The van der Waals surface area contributed by atoms with Crippen LogP contribution in [0.2, 0.25) is 0 Å². The molecule has 0 saturated carbocycles. The van der Waals surface area contributed by atoms with Crippen LogP contribution < -0.4 is 10.5 Å². The number of amides is 1. The molecular formula is C11H11N3O2. The van der Waals surface area contributed by atoms with E-state index in [4.69, 9.17) is 10.5 Å². The molecule has 1 heterocycles. The number of rotatable bonds is 2. The third-order valence-electron chi connectivity index (χ3n) is 2.13. The highest BCUT2D eigenvalue weighted by molar-refractivity contribution is 5.67. The summed E-state index contributed by atoms with van der Waals surface area (Å²) in [4.78, 5) is 14.8. The van der Waals surface area contributed by atoms with E-state index in [0.29, 0.717) is 5.88 Å². The van der Waals surface area contributed by atoms with Crippen molar-refractivity contribution in [3.8, 4) is 11.6 Å². The maximum absolute atomic E-state index is 10.7. The standard InChI is InChI=1S/C11H11N3O2/c1-8-13-7-10(16-11(12)15)14(8)9-5-3-2-4-6-9/h2-7H,1H3,(H2,12,15). The quantitative estimate of drug-likeness (QED) is 0.831. The second-order valence-corrected chi connectivity index (χ2v) is 3.24. The first-order valence-electron chi connectivity index (χ1n) is 4.75. The number of para-hydroxylation sites is 1. The predicted molar refractivity (Wildman–Crippen MR) is 58.5 cm³/mol. The average Bonchev–Trinajstić information content (AvgIpc) is 2.60. The highest BCUT2D eigenvalue weighted by atomic mass is 16.6. The molecule has 1 aromatic carbocycles. The van der Waals surface area contributed by atoms with E-state index in [2.05, 4.69) is 4.98 Å². The van der Waals surface area contributed by atoms with Gasteiger partial charge in [0, 0.05) is 0 Å². The minimum atomic E-state index is -0.850. The van der Waals surface area contributed by atoms with Gasteiger partial charge in [-0.2, -0.15) is 0 Å². The average molecular weight is 217 g/mol. The molecular weight excluding hydrogens is 206 g/mol. The van der Waals surface area contributed by atoms with Crippen LogP contribution in [-0.4, -0.2) is 15.6 Å². The van der Waals surface area contributed by atoms with Gasteiger partial charge in [-0.1, -0.05) is 18.2 Å². The molecule has 1 amide bonds. The summed E-state index contributed by atoms with van der Waals surface area (Å²) < 4.78 is 6.57. The number of aryl methyl sites for hydroxylation is 1. The van der Waals surface area contributed by atoms with Crippen LogP contribution in [-0.2, 0) is 0 Å². The molecule has 16 heavy (non-hydrogen) atoms. The van der Waals surface area contributed by atoms with Crippen molar-refractivity contribution in [2.24, 2.45) is 5.73 Å². The molecule has 1 aromatic heterocycles. The highest BCUT2D eigenvalue weighted by Gasteiger charge is 2.11. The van der Waals surface area contributed by atoms with Crippen molar-refractivity contribution in [1.82, 2.24) is 9.55 Å². The number of carbonyl (C=O) groups is 1. The first-order chi connectivity index (χ1) is 7.68. The van der Waals surface area contributed by atoms with Crippen LogP contribution in [0, 0.1) is 6.92 Å². The Morgan fingerprint density at radius 3 is 2.69 bits per heavy atom. The van der Waals surface area contributed by atoms with Crippen molar-refractivity contribution >= 4 is 6.09 Å². The number of aromatic nitrogens is 2. The van der Waals surface area contributed by atoms with Gasteiger partial charge in [-0.25, -0.2) is 9.78 Å². The Hall–Kier alpha value is -2.30. The van der Waals surface area contributed by atoms with Gasteiger partial charge in [0.25, 0.3) is 0 Å². The zero-order valence-electron chi connectivity index (χ0n) is 8.75. The zero-order valence-corrected chi connectivity index (χ0v) is 8.75. The van der Waals surface area contributed by atoms with Crippen LogP contribution in [0.5, 0.6) is 5.88 Å². The van der Waals surface area contributed by atoms with Gasteiger partial charge in [-0.15, -0.1) is 0 Å². The van der Waals surface area contributed by atoms with Gasteiger partial charge in [0.1, 0.15) is 5.82 Å². The Labute approximate surface area is 92.5 Å². The van der Waals surface area contributed by atoms with Gasteiger partial charge in [-0.05, 0) is 19.1 Å². The summed E-state index contributed by atoms with van der Waals surface area (Å²) in [6.07, 6.45) is 0.615. The Morgan fingerprint density at radius 1 is 1.38 bits per heavy atom. The second kappa shape index (κ2) is 4.06. The lowest BCUT2D eigenvalue weighted by Crippen LogP contribution is -2.18. The van der Waals surface area contributed by atoms with Crippen molar-refractivity contribution in [3.05, 3.63) is 42.4 Å². The largest absolute Gasteiger partial charge is 0.411 e. The van der Waals surface area contributed by atoms with Gasteiger partial charge in [0.2, 0.25) is 5.88 Å². The fraction of sp³-hybridized carbons (Fsp3) is 0.0909. The molecule has 0 aliphatic carbocycles. The molecule has 0 aliphatic rings. The first-order valence-corrected chi connectivity index (χ1v) is 4.75. The molecule has 2 rings (SSSR count). The summed E-state index contributed by atoms with van der Waals surface area (Å²) in [6, 6.07) is 9.47. The van der Waals surface area contributed by atoms with Crippen molar-refractivity contribution in [3.63, 3.8) is 0 Å². The molecule has 0 saturated heterocycles. The van der Waals surface area contributed by atoms with Gasteiger partial charge in [-0.3, -0.25) is 4.57 Å². The molecule has 0 fully saturated rings. The van der Waals surface area contributed by atoms with E-state index < -0.39 is 6.09 Å². The van der Waals surface area contributed by atoms with E-state index in [9.17, 15) is 4.79 Å². The molecule has 5 heteroatoms. The van der Waals surface area contributed by atoms with E-state index in [-0.39, 0.29) is 0 Å². The lowest BCUT2D eigenvalue weighted by molar-refractivity contribution is 0.208. The van der Waals surface area contributed by atoms with Crippen LogP contribution >= 0.6 is 0 Å². The Bertz CT molecular complexity index is 505. The summed E-state index contributed by atoms with van der Waals surface area (Å²) in [5.74, 6) is 1.04. The van der Waals surface area contributed by atoms with Crippen LogP contribution in [0.25, 0.3) is 5.69 Å². The van der Waals surface area contributed by atoms with E-state index in [1.807, 2.05) is 37.3 Å². The number of primary amides is 1. The fourth-order valence-corrected chi connectivity index (χ4v) is 1.49. The molecule has 0 atom stereocenters. The van der Waals surface area contributed by atoms with Gasteiger partial charge < -0.3 is 10.5 Å². The maximum atomic E-state index is 10.7. The summed E-state index contributed by atoms with van der Waals surface area (Å²) in [5, 5.41) is 0. The summed E-state index contributed by atoms with van der Waals surface area (Å²) in [7, 11) is 0. The molecule has 2 aromatic rings. The third kappa shape index (κ3) is 1.88. The van der Waals surface area contributed by atoms with E-state index in [0.717, 1.165) is 11.5 Å². The van der Waals surface area contributed by atoms with Crippen LogP contribution in [0.3, 0.4) is 0 Å². The lowest BCUT2D eigenvalue weighted by atomic mass is 10.3. The molecule has 0 spiro atoms. The number of benzene rings is 1. The van der Waals surface area contributed by atoms with E-state index in [1.54, 1.807) is 4.57 Å². The van der Waals surface area contributed by atoms with Gasteiger partial charge in [0.15, 0.2) is 0 Å². The third-order valence-corrected chi connectivity index (χ3v) is 2.13. The molecule has 0 unspecified atom stereocenters. The molecule has 0 bridgehead atoms. The van der Waals surface area contributed by atoms with Crippen LogP contribution in [0.4, 0.5) is 4.79 Å². The van der Waals surface area contributed by atoms with Gasteiger partial charge in [0.05, 0.1) is 11.9 Å². The van der Waals surface area contributed by atoms with Gasteiger partial charge >= 0.3 is 6.09 Å². The minimum absolute atomic E-state index is 0.316. The normalized spacial score (nSPS) is 10.1. The molecule has 82 valence electrons. The van der Waals surface area contributed by atoms with Crippen molar-refractivity contribution in [2.45, 2.75) is 6.92 Å². The second-order valence-electron chi connectivity index (χ2n) is 3.24. The molecule has 0 radical (unpaired) electrons. The number of carbonyl (C=O) groups excluding carboxylic acids is 1. The van der Waals surface area contributed by atoms with Crippen LogP contribution in [0.1, 0.15) is 5.82 Å². The summed E-state index contributed by atoms with van der Waals surface area (Å²) in [5.41, 5.74) is 5.85. The fourth-order valence-electron chi connectivity index (χ4n) is 1.49. The number of ether oxygens (including phenoxy) is 1. The number of nitrogens with zero attached hydrogens (tertiary/aromatic N) is 2. The predicted octanol–water partition coefficient (Wildman–Crippen LogP) is 1.64. The highest BCUT2D eigenvalue weighted by Crippen LogP contribution is 2.20. The van der Waals surface area contributed by atoms with Crippen LogP contribution in [0.15, 0.2) is 36.5 Å². The zero-order chi connectivity index (χ0) is 11.5. The first kappa shape index (κ1) is 10.2. The monoisotopic (exact) mass is 217 g/mol. The Kier molecular flexibility index (Phi) is 2.59. The van der Waals surface area contributed by atoms with Crippen molar-refractivity contribution < 1.29 is 9.53 Å². The SMILES string of the molecule is Cc1ncc(OC(N)=O)n1-c1ccccc1. The molecule has 5 nitrogen and oxygen atoms in total. The summed E-state index contributed by atoms with van der Waals surface area (Å²) >= 11 is 0. The molecule has 2 N–H and O–H groups in total. The Balaban J connectivity index is 2.47. The lowest BCUT2D eigenvalue weighted by Gasteiger charge is -2.08. The van der Waals surface area contributed by atoms with Crippen molar-refractivity contribution in [2.75, 3.05) is 0 Å². The Morgan fingerprint density at radius 2 is 2.06 bits per heavy atom. The smallest absolute Gasteiger partial charge is 0.391 e. The van der Waals surface area contributed by atoms with E-state index in [1.165, 1.54) is 6.20 Å². The van der Waals surface area contributed by atoms with Crippen molar-refractivity contribution in [1.29, 1.82) is 0 Å². The number of imidazole rings is 1. The number of hydrogen-bond acceptors (Lipinski definition) is 3. The topological polar surface area (TPSA) is 70.1 Å². The molecule has 0 aliphatic heterocycles. The summed E-state index contributed by atoms with van der Waals surface area (Å²) in [6.45, 7) is 1.82. The minimum Gasteiger partial charge on any atom is -0.391 e. The number of hydrogen-bond donors (Lipinski definition) is 1. The van der Waals surface area contributed by atoms with E-state index >= 15 is 0 Å².